The molecule has 0 radical (unpaired) electrons. The highest BCUT2D eigenvalue weighted by Crippen LogP contribution is 2.14. The molecule has 0 saturated carbocycles. The first kappa shape index (κ1) is 10.9. The third-order valence-electron chi connectivity index (χ3n) is 1.65. The molecule has 0 aliphatic rings. The summed E-state index contributed by atoms with van der Waals surface area (Å²) in [6.45, 7) is 1.95. The summed E-state index contributed by atoms with van der Waals surface area (Å²) in [7, 11) is 0. The summed E-state index contributed by atoms with van der Waals surface area (Å²) in [6, 6.07) is 0. The van der Waals surface area contributed by atoms with Crippen molar-refractivity contribution in [1.82, 2.24) is 0 Å². The molecule has 0 fully saturated rings. The van der Waals surface area contributed by atoms with Gasteiger partial charge in [0.25, 0.3) is 0 Å². The first-order valence-electron chi connectivity index (χ1n) is 4.06. The lowest BCUT2D eigenvalue weighted by atomic mass is 9.96. The highest BCUT2D eigenvalue weighted by molar-refractivity contribution is 5.75. The Kier molecular flexibility index (Phi) is 5.08. The molecule has 1 amide bonds. The molecule has 1 atom stereocenters. The van der Waals surface area contributed by atoms with Crippen LogP contribution in [0.1, 0.15) is 32.6 Å². The average Bonchev–Trinajstić information content (AvgIpc) is 1.84. The van der Waals surface area contributed by atoms with E-state index in [1.165, 1.54) is 0 Å². The predicted octanol–water partition coefficient (Wildman–Crippen LogP) is 0.753. The number of carboxylic acids is 1. The van der Waals surface area contributed by atoms with E-state index in [0.29, 0.717) is 0 Å². The SMILES string of the molecule is CCCC(CC(N)=O)CC(=O)O. The van der Waals surface area contributed by atoms with Gasteiger partial charge in [-0.15, -0.1) is 0 Å². The van der Waals surface area contributed by atoms with Crippen LogP contribution in [-0.4, -0.2) is 17.0 Å². The molecular formula is C8H15NO3. The fourth-order valence-electron chi connectivity index (χ4n) is 1.22. The number of carboxylic acid groups (broad SMARTS) is 1. The molecule has 0 aromatic carbocycles. The van der Waals surface area contributed by atoms with E-state index in [2.05, 4.69) is 0 Å². The van der Waals surface area contributed by atoms with E-state index in [1.807, 2.05) is 6.92 Å². The summed E-state index contributed by atoms with van der Waals surface area (Å²) in [4.78, 5) is 20.8. The molecule has 70 valence electrons. The Balaban J connectivity index is 3.85. The number of aliphatic carboxylic acids is 1. The predicted molar refractivity (Wildman–Crippen MR) is 44.5 cm³/mol. The van der Waals surface area contributed by atoms with Gasteiger partial charge in [-0.25, -0.2) is 0 Å². The third kappa shape index (κ3) is 5.70. The smallest absolute Gasteiger partial charge is 0.303 e. The second kappa shape index (κ2) is 5.57. The highest BCUT2D eigenvalue weighted by atomic mass is 16.4. The van der Waals surface area contributed by atoms with Crippen molar-refractivity contribution in [1.29, 1.82) is 0 Å². The molecule has 1 unspecified atom stereocenters. The van der Waals surface area contributed by atoms with E-state index >= 15 is 0 Å². The Morgan fingerprint density at radius 2 is 2.00 bits per heavy atom. The second-order valence-corrected chi connectivity index (χ2v) is 2.92. The third-order valence-corrected chi connectivity index (χ3v) is 1.65. The quantitative estimate of drug-likeness (QED) is 0.622. The van der Waals surface area contributed by atoms with Gasteiger partial charge in [-0.05, 0) is 12.3 Å². The van der Waals surface area contributed by atoms with Gasteiger partial charge in [0.2, 0.25) is 5.91 Å². The van der Waals surface area contributed by atoms with E-state index in [4.69, 9.17) is 10.8 Å². The average molecular weight is 173 g/mol. The largest absolute Gasteiger partial charge is 0.481 e. The van der Waals surface area contributed by atoms with Gasteiger partial charge in [-0.3, -0.25) is 9.59 Å². The van der Waals surface area contributed by atoms with Crippen LogP contribution in [0.5, 0.6) is 0 Å². The maximum absolute atomic E-state index is 10.5. The number of nitrogens with two attached hydrogens (primary N) is 1. The molecule has 4 nitrogen and oxygen atoms in total. The monoisotopic (exact) mass is 173 g/mol. The number of carbonyl (C=O) groups excluding carboxylic acids is 1. The molecule has 0 aliphatic heterocycles. The van der Waals surface area contributed by atoms with Crippen LogP contribution in [0.15, 0.2) is 0 Å². The van der Waals surface area contributed by atoms with Gasteiger partial charge >= 0.3 is 5.97 Å². The van der Waals surface area contributed by atoms with Crippen LogP contribution in [0.2, 0.25) is 0 Å². The second-order valence-electron chi connectivity index (χ2n) is 2.92. The molecule has 12 heavy (non-hydrogen) atoms. The minimum absolute atomic E-state index is 0.0385. The van der Waals surface area contributed by atoms with Crippen LogP contribution < -0.4 is 5.73 Å². The first-order valence-corrected chi connectivity index (χ1v) is 4.06. The molecule has 0 aromatic rings. The Labute approximate surface area is 71.8 Å². The highest BCUT2D eigenvalue weighted by Gasteiger charge is 2.14. The molecule has 0 saturated heterocycles. The van der Waals surface area contributed by atoms with Crippen LogP contribution in [-0.2, 0) is 9.59 Å². The number of rotatable bonds is 6. The summed E-state index contributed by atoms with van der Waals surface area (Å²) in [6.07, 6.45) is 1.84. The summed E-state index contributed by atoms with van der Waals surface area (Å²) >= 11 is 0. The zero-order valence-electron chi connectivity index (χ0n) is 7.25. The van der Waals surface area contributed by atoms with Crippen LogP contribution in [0.3, 0.4) is 0 Å². The van der Waals surface area contributed by atoms with Crippen LogP contribution >= 0.6 is 0 Å². The zero-order chi connectivity index (χ0) is 9.56. The van der Waals surface area contributed by atoms with Crippen molar-refractivity contribution in [3.8, 4) is 0 Å². The maximum Gasteiger partial charge on any atom is 0.303 e. The number of primary amides is 1. The van der Waals surface area contributed by atoms with Gasteiger partial charge < -0.3 is 10.8 Å². The summed E-state index contributed by atoms with van der Waals surface area (Å²) in [5, 5.41) is 8.47. The van der Waals surface area contributed by atoms with Gasteiger partial charge in [0, 0.05) is 12.8 Å². The van der Waals surface area contributed by atoms with E-state index in [0.717, 1.165) is 12.8 Å². The first-order chi connectivity index (χ1) is 5.56. The molecule has 0 bridgehead atoms. The Hall–Kier alpha value is -1.06. The van der Waals surface area contributed by atoms with E-state index in [9.17, 15) is 9.59 Å². The summed E-state index contributed by atoms with van der Waals surface area (Å²) in [5.74, 6) is -1.38. The number of amides is 1. The molecule has 0 aromatic heterocycles. The molecule has 0 rings (SSSR count). The topological polar surface area (TPSA) is 80.4 Å². The van der Waals surface area contributed by atoms with Crippen LogP contribution in [0, 0.1) is 5.92 Å². The van der Waals surface area contributed by atoms with Crippen LogP contribution in [0.25, 0.3) is 0 Å². The lowest BCUT2D eigenvalue weighted by Crippen LogP contribution is -2.18. The normalized spacial score (nSPS) is 12.4. The van der Waals surface area contributed by atoms with Crippen molar-refractivity contribution < 1.29 is 14.7 Å². The minimum atomic E-state index is -0.866. The van der Waals surface area contributed by atoms with Crippen molar-refractivity contribution in [2.75, 3.05) is 0 Å². The minimum Gasteiger partial charge on any atom is -0.481 e. The van der Waals surface area contributed by atoms with Crippen molar-refractivity contribution in [3.63, 3.8) is 0 Å². The number of hydrogen-bond acceptors (Lipinski definition) is 2. The van der Waals surface area contributed by atoms with E-state index < -0.39 is 11.9 Å². The van der Waals surface area contributed by atoms with Crippen molar-refractivity contribution >= 4 is 11.9 Å². The number of carbonyl (C=O) groups is 2. The zero-order valence-corrected chi connectivity index (χ0v) is 7.25. The molecule has 0 aliphatic carbocycles. The Morgan fingerprint density at radius 1 is 1.42 bits per heavy atom. The van der Waals surface area contributed by atoms with Gasteiger partial charge in [-0.2, -0.15) is 0 Å². The molecule has 0 spiro atoms. The fourth-order valence-corrected chi connectivity index (χ4v) is 1.22. The van der Waals surface area contributed by atoms with Gasteiger partial charge in [0.15, 0.2) is 0 Å². The number of hydrogen-bond donors (Lipinski definition) is 2. The Morgan fingerprint density at radius 3 is 2.33 bits per heavy atom. The van der Waals surface area contributed by atoms with Gasteiger partial charge in [0.1, 0.15) is 0 Å². The van der Waals surface area contributed by atoms with Gasteiger partial charge in [0.05, 0.1) is 0 Å². The van der Waals surface area contributed by atoms with Crippen molar-refractivity contribution in [2.45, 2.75) is 32.6 Å². The lowest BCUT2D eigenvalue weighted by Gasteiger charge is -2.10. The van der Waals surface area contributed by atoms with Crippen molar-refractivity contribution in [2.24, 2.45) is 11.7 Å². The summed E-state index contributed by atoms with van der Waals surface area (Å²) in [5.41, 5.74) is 4.97. The lowest BCUT2D eigenvalue weighted by molar-refractivity contribution is -0.138. The molecule has 3 N–H and O–H groups in total. The van der Waals surface area contributed by atoms with E-state index in [-0.39, 0.29) is 18.8 Å². The standard InChI is InChI=1S/C8H15NO3/c1-2-3-6(4-7(9)10)5-8(11)12/h6H,2-5H2,1H3,(H2,9,10)(H,11,12). The molecular weight excluding hydrogens is 158 g/mol. The van der Waals surface area contributed by atoms with Gasteiger partial charge in [-0.1, -0.05) is 13.3 Å². The molecule has 0 heterocycles. The summed E-state index contributed by atoms with van der Waals surface area (Å²) < 4.78 is 0. The molecule has 4 heteroatoms. The Bertz CT molecular complexity index is 152. The van der Waals surface area contributed by atoms with Crippen molar-refractivity contribution in [3.05, 3.63) is 0 Å². The van der Waals surface area contributed by atoms with Crippen LogP contribution in [0.4, 0.5) is 0 Å². The maximum atomic E-state index is 10.5. The fraction of sp³-hybridized carbons (Fsp3) is 0.750. The van der Waals surface area contributed by atoms with E-state index in [1.54, 1.807) is 0 Å².